The number of nitrogens with zero attached hydrogens (tertiary/aromatic N) is 1. The molecule has 0 saturated carbocycles. The third-order valence-corrected chi connectivity index (χ3v) is 0.942. The number of hydrogen-bond donors (Lipinski definition) is 3. The highest BCUT2D eigenvalue weighted by Crippen LogP contribution is 1.87. The molecule has 0 heterocycles. The lowest BCUT2D eigenvalue weighted by atomic mass is 10.2. The van der Waals surface area contributed by atoms with Crippen LogP contribution < -0.4 is 0 Å². The molecule has 56 valence electrons. The molecular formula is C5H8N2O3. The van der Waals surface area contributed by atoms with Gasteiger partial charge in [0.2, 0.25) is 5.71 Å². The average molecular weight is 144 g/mol. The van der Waals surface area contributed by atoms with Gasteiger partial charge in [-0.1, -0.05) is 12.1 Å². The maximum Gasteiger partial charge on any atom is 0.359 e. The second kappa shape index (κ2) is 3.60. The van der Waals surface area contributed by atoms with Crippen molar-refractivity contribution < 1.29 is 15.1 Å². The summed E-state index contributed by atoms with van der Waals surface area (Å²) in [4.78, 5) is 10.1. The van der Waals surface area contributed by atoms with E-state index >= 15 is 0 Å². The molecule has 3 N–H and O–H groups in total. The quantitative estimate of drug-likeness (QED) is 0.302. The molecule has 0 atom stereocenters. The van der Waals surface area contributed by atoms with Crippen LogP contribution in [0, 0.1) is 5.41 Å². The molecule has 0 aliphatic heterocycles. The Balaban J connectivity index is 4.39. The van der Waals surface area contributed by atoms with Crippen LogP contribution in [0.4, 0.5) is 0 Å². The standard InChI is InChI=1S/C5H8N2O3/c1-2-3(6)4(7-10)5(8)9/h6,10H,2H2,1H3,(H,8,9)/b6-3?,7-4-. The molecule has 0 aromatic rings. The van der Waals surface area contributed by atoms with E-state index < -0.39 is 11.7 Å². The molecule has 0 aliphatic carbocycles. The largest absolute Gasteiger partial charge is 0.476 e. The highest BCUT2D eigenvalue weighted by Gasteiger charge is 2.13. The summed E-state index contributed by atoms with van der Waals surface area (Å²) >= 11 is 0. The molecule has 0 spiro atoms. The van der Waals surface area contributed by atoms with Crippen molar-refractivity contribution in [2.75, 3.05) is 0 Å². The SMILES string of the molecule is CCC(=N)/C(=N/O)C(=O)O. The molecule has 5 heteroatoms. The fourth-order valence-corrected chi connectivity index (χ4v) is 0.400. The Morgan fingerprint density at radius 3 is 2.30 bits per heavy atom. The zero-order chi connectivity index (χ0) is 8.15. The summed E-state index contributed by atoms with van der Waals surface area (Å²) < 4.78 is 0. The number of carboxylic acids is 1. The molecule has 0 amide bonds. The molecule has 0 saturated heterocycles. The van der Waals surface area contributed by atoms with Crippen LogP contribution in [-0.4, -0.2) is 27.7 Å². The van der Waals surface area contributed by atoms with Gasteiger partial charge in [-0.2, -0.15) is 0 Å². The van der Waals surface area contributed by atoms with E-state index in [1.807, 2.05) is 0 Å². The lowest BCUT2D eigenvalue weighted by Crippen LogP contribution is -2.22. The maximum atomic E-state index is 10.1. The van der Waals surface area contributed by atoms with Gasteiger partial charge in [-0.3, -0.25) is 0 Å². The number of rotatable bonds is 3. The van der Waals surface area contributed by atoms with Crippen LogP contribution in [0.15, 0.2) is 5.16 Å². The Morgan fingerprint density at radius 2 is 2.20 bits per heavy atom. The van der Waals surface area contributed by atoms with Crippen molar-refractivity contribution in [1.82, 2.24) is 0 Å². The topological polar surface area (TPSA) is 93.7 Å². The number of hydrogen-bond acceptors (Lipinski definition) is 4. The molecule has 0 bridgehead atoms. The molecule has 0 aromatic carbocycles. The highest BCUT2D eigenvalue weighted by molar-refractivity contribution is 6.64. The molecule has 0 aromatic heterocycles. The molecule has 0 radical (unpaired) electrons. The van der Waals surface area contributed by atoms with E-state index in [1.165, 1.54) is 0 Å². The fourth-order valence-electron chi connectivity index (χ4n) is 0.400. The number of nitrogens with one attached hydrogen (secondary N) is 1. The van der Waals surface area contributed by atoms with Gasteiger partial charge < -0.3 is 15.7 Å². The minimum Gasteiger partial charge on any atom is -0.476 e. The van der Waals surface area contributed by atoms with Crippen LogP contribution in [-0.2, 0) is 4.79 Å². The summed E-state index contributed by atoms with van der Waals surface area (Å²) in [6.45, 7) is 1.61. The van der Waals surface area contributed by atoms with Gasteiger partial charge in [0.15, 0.2) is 0 Å². The molecular weight excluding hydrogens is 136 g/mol. The van der Waals surface area contributed by atoms with E-state index in [-0.39, 0.29) is 12.1 Å². The summed E-state index contributed by atoms with van der Waals surface area (Å²) in [5.41, 5.74) is -0.780. The molecule has 0 aliphatic rings. The second-order valence-corrected chi connectivity index (χ2v) is 1.59. The smallest absolute Gasteiger partial charge is 0.359 e. The lowest BCUT2D eigenvalue weighted by Gasteiger charge is -1.95. The highest BCUT2D eigenvalue weighted by atomic mass is 16.4. The van der Waals surface area contributed by atoms with E-state index in [4.69, 9.17) is 15.7 Å². The van der Waals surface area contributed by atoms with Crippen LogP contribution in [0.25, 0.3) is 0 Å². The van der Waals surface area contributed by atoms with Crippen molar-refractivity contribution in [2.24, 2.45) is 5.16 Å². The minimum atomic E-state index is -1.38. The number of carboxylic acid groups (broad SMARTS) is 1. The predicted molar refractivity (Wildman–Crippen MR) is 34.9 cm³/mol. The molecule has 5 nitrogen and oxygen atoms in total. The first-order valence-corrected chi connectivity index (χ1v) is 2.66. The first kappa shape index (κ1) is 8.61. The Kier molecular flexibility index (Phi) is 3.10. The van der Waals surface area contributed by atoms with Gasteiger partial charge >= 0.3 is 5.97 Å². The lowest BCUT2D eigenvalue weighted by molar-refractivity contribution is -0.129. The van der Waals surface area contributed by atoms with Crippen LogP contribution in [0.3, 0.4) is 0 Å². The number of aliphatic carboxylic acids is 1. The normalized spacial score (nSPS) is 11.1. The molecule has 10 heavy (non-hydrogen) atoms. The first-order valence-electron chi connectivity index (χ1n) is 2.66. The van der Waals surface area contributed by atoms with Crippen molar-refractivity contribution >= 4 is 17.4 Å². The van der Waals surface area contributed by atoms with Crippen molar-refractivity contribution in [2.45, 2.75) is 13.3 Å². The zero-order valence-corrected chi connectivity index (χ0v) is 5.46. The van der Waals surface area contributed by atoms with Gasteiger partial charge in [0, 0.05) is 0 Å². The molecule has 0 unspecified atom stereocenters. The Labute approximate surface area is 57.5 Å². The molecule has 0 fully saturated rings. The Morgan fingerprint density at radius 1 is 1.70 bits per heavy atom. The summed E-state index contributed by atoms with van der Waals surface area (Å²) in [6, 6.07) is 0. The monoisotopic (exact) mass is 144 g/mol. The third kappa shape index (κ3) is 1.85. The first-order chi connectivity index (χ1) is 4.63. The van der Waals surface area contributed by atoms with Crippen molar-refractivity contribution in [3.05, 3.63) is 0 Å². The van der Waals surface area contributed by atoms with Gasteiger partial charge in [0.1, 0.15) is 0 Å². The number of carbonyl (C=O) groups is 1. The minimum absolute atomic E-state index is 0.185. The van der Waals surface area contributed by atoms with Crippen molar-refractivity contribution in [3.63, 3.8) is 0 Å². The van der Waals surface area contributed by atoms with Crippen molar-refractivity contribution in [3.8, 4) is 0 Å². The van der Waals surface area contributed by atoms with Gasteiger partial charge in [-0.15, -0.1) is 0 Å². The summed E-state index contributed by atoms with van der Waals surface area (Å²) in [5, 5.41) is 25.7. The third-order valence-electron chi connectivity index (χ3n) is 0.942. The fraction of sp³-hybridized carbons (Fsp3) is 0.400. The van der Waals surface area contributed by atoms with Gasteiger partial charge in [-0.25, -0.2) is 4.79 Å². The van der Waals surface area contributed by atoms with E-state index in [2.05, 4.69) is 5.16 Å². The van der Waals surface area contributed by atoms with E-state index in [1.54, 1.807) is 6.92 Å². The van der Waals surface area contributed by atoms with Gasteiger partial charge in [0.05, 0.1) is 5.71 Å². The van der Waals surface area contributed by atoms with E-state index in [0.717, 1.165) is 0 Å². The summed E-state index contributed by atoms with van der Waals surface area (Å²) in [5.74, 6) is -1.38. The van der Waals surface area contributed by atoms with E-state index in [0.29, 0.717) is 0 Å². The second-order valence-electron chi connectivity index (χ2n) is 1.59. The number of oxime groups is 1. The van der Waals surface area contributed by atoms with Crippen LogP contribution >= 0.6 is 0 Å². The Bertz CT molecular complexity index is 185. The van der Waals surface area contributed by atoms with Gasteiger partial charge in [0.25, 0.3) is 0 Å². The Hall–Kier alpha value is -1.39. The zero-order valence-electron chi connectivity index (χ0n) is 5.46. The summed E-state index contributed by atoms with van der Waals surface area (Å²) in [7, 11) is 0. The van der Waals surface area contributed by atoms with Crippen LogP contribution in [0.2, 0.25) is 0 Å². The molecule has 0 rings (SSSR count). The average Bonchev–Trinajstić information content (AvgIpc) is 1.88. The van der Waals surface area contributed by atoms with Crippen LogP contribution in [0.5, 0.6) is 0 Å². The van der Waals surface area contributed by atoms with Crippen LogP contribution in [0.1, 0.15) is 13.3 Å². The van der Waals surface area contributed by atoms with Gasteiger partial charge in [-0.05, 0) is 6.42 Å². The van der Waals surface area contributed by atoms with E-state index in [9.17, 15) is 4.79 Å². The van der Waals surface area contributed by atoms with Crippen molar-refractivity contribution in [1.29, 1.82) is 5.41 Å². The predicted octanol–water partition coefficient (Wildman–Crippen LogP) is 0.331. The maximum absolute atomic E-state index is 10.1. The summed E-state index contributed by atoms with van der Waals surface area (Å²) in [6.07, 6.45) is 0.242.